The average Bonchev–Trinajstić information content (AvgIpc) is 0.813. The summed E-state index contributed by atoms with van der Waals surface area (Å²) in [6.45, 7) is 20.2. The number of likely N-dealkylation sites (N-methyl/N-ethyl adjacent to an activating group) is 3. The van der Waals surface area contributed by atoms with Crippen LogP contribution >= 0.6 is 69.6 Å². The summed E-state index contributed by atoms with van der Waals surface area (Å²) in [6.07, 6.45) is 0.670. The van der Waals surface area contributed by atoms with E-state index in [4.69, 9.17) is 98.0 Å². The lowest BCUT2D eigenvalue weighted by atomic mass is 10.1. The Morgan fingerprint density at radius 1 is 0.381 bits per heavy atom. The molecule has 3 heterocycles. The third-order valence-corrected chi connectivity index (χ3v) is 19.3. The molecule has 0 saturated carbocycles. The molecule has 6 N–H and O–H groups in total. The van der Waals surface area contributed by atoms with Gasteiger partial charge in [-0.05, 0) is 76.8 Å². The molecule has 3 fully saturated rings. The van der Waals surface area contributed by atoms with Crippen LogP contribution in [0.4, 0.5) is 0 Å². The van der Waals surface area contributed by atoms with Gasteiger partial charge >= 0.3 is 17.9 Å². The lowest BCUT2D eigenvalue weighted by Crippen LogP contribution is -2.45. The predicted molar refractivity (Wildman–Crippen MR) is 407 cm³/mol. The summed E-state index contributed by atoms with van der Waals surface area (Å²) in [5, 5.41) is 39.6. The molecule has 3 aliphatic rings. The fourth-order valence-corrected chi connectivity index (χ4v) is 13.0. The molecule has 0 bridgehead atoms. The zero-order valence-corrected chi connectivity index (χ0v) is 64.3. The highest BCUT2D eigenvalue weighted by Crippen LogP contribution is 2.45. The van der Waals surface area contributed by atoms with E-state index >= 15 is 0 Å². The molecule has 570 valence electrons. The number of carbonyl (C=O) groups excluding carboxylic acids is 6. The Hall–Kier alpha value is -7.56. The number of nitrogens with zero attached hydrogens (tertiary/aromatic N) is 6. The Bertz CT molecular complexity index is 3430. The van der Waals surface area contributed by atoms with E-state index in [2.05, 4.69) is 66.5 Å². The van der Waals surface area contributed by atoms with Crippen molar-refractivity contribution in [2.24, 2.45) is 0 Å². The van der Waals surface area contributed by atoms with Gasteiger partial charge in [-0.2, -0.15) is 0 Å². The number of piperazine rings is 3. The van der Waals surface area contributed by atoms with E-state index < -0.39 is 71.0 Å². The fourth-order valence-electron chi connectivity index (χ4n) is 11.3. The summed E-state index contributed by atoms with van der Waals surface area (Å²) < 4.78 is 32.6. The number of hydrogen-bond donors (Lipinski definition) is 6. The van der Waals surface area contributed by atoms with Crippen LogP contribution in [0.25, 0.3) is 0 Å². The second-order valence-corrected chi connectivity index (χ2v) is 27.4. The van der Waals surface area contributed by atoms with Gasteiger partial charge in [-0.15, -0.1) is 0 Å². The quantitative estimate of drug-likeness (QED) is 0.0181. The lowest BCUT2D eigenvalue weighted by Gasteiger charge is -2.32. The number of phenols is 3. The van der Waals surface area contributed by atoms with E-state index in [1.54, 1.807) is 20.8 Å². The van der Waals surface area contributed by atoms with Crippen LogP contribution in [0.5, 0.6) is 34.5 Å². The van der Waals surface area contributed by atoms with Gasteiger partial charge in [0.25, 0.3) is 17.7 Å². The minimum absolute atomic E-state index is 0.0899. The largest absolute Gasteiger partial charge is 0.505 e. The summed E-state index contributed by atoms with van der Waals surface area (Å²) in [7, 11) is 6.26. The van der Waals surface area contributed by atoms with E-state index in [-0.39, 0.29) is 103 Å². The van der Waals surface area contributed by atoms with Gasteiger partial charge in [-0.25, -0.2) is 14.4 Å². The molecule has 3 atom stereocenters. The van der Waals surface area contributed by atoms with Gasteiger partial charge in [-0.1, -0.05) is 161 Å². The Morgan fingerprint density at radius 2 is 0.610 bits per heavy atom. The number of benzene rings is 6. The number of halogens is 6. The van der Waals surface area contributed by atoms with Crippen molar-refractivity contribution in [3.8, 4) is 34.5 Å². The van der Waals surface area contributed by atoms with Crippen molar-refractivity contribution in [3.63, 3.8) is 0 Å². The van der Waals surface area contributed by atoms with Crippen molar-refractivity contribution in [1.82, 2.24) is 45.3 Å². The molecular formula is C75H93Cl6N9O15. The molecule has 0 spiro atoms. The van der Waals surface area contributed by atoms with Crippen molar-refractivity contribution in [2.75, 3.05) is 159 Å². The molecule has 6 aromatic rings. The van der Waals surface area contributed by atoms with Crippen molar-refractivity contribution in [3.05, 3.63) is 173 Å². The molecule has 30 heteroatoms. The topological polar surface area (TPSA) is 274 Å². The van der Waals surface area contributed by atoms with Crippen molar-refractivity contribution in [1.29, 1.82) is 0 Å². The van der Waals surface area contributed by atoms with Gasteiger partial charge in [0.15, 0.2) is 34.5 Å². The third kappa shape index (κ3) is 26.1. The molecular weight excluding hydrogens is 1480 g/mol. The zero-order chi connectivity index (χ0) is 76.1. The van der Waals surface area contributed by atoms with E-state index in [1.165, 1.54) is 18.2 Å². The Labute approximate surface area is 643 Å². The standard InChI is InChI=1S/3C25H31Cl2N3O5/c3*1-3-34-25(33)20(15-17-7-5-4-6-8-17)28-24(32)18-16-19(26)23(21(27)22(18)31)35-14-13-30-11-9-29(2)10-12-30/h3*4-8,16,20,31H,3,9-15H2,1-2H3,(H,28,32)/t3*20-/m000/s1. The summed E-state index contributed by atoms with van der Waals surface area (Å²) in [5.41, 5.74) is 2.05. The minimum Gasteiger partial charge on any atom is -0.505 e. The number of nitrogens with one attached hydrogen (secondary N) is 3. The molecule has 9 rings (SSSR count). The van der Waals surface area contributed by atoms with Crippen LogP contribution in [0.2, 0.25) is 30.1 Å². The van der Waals surface area contributed by atoms with Gasteiger partial charge in [0.1, 0.15) is 53.0 Å². The van der Waals surface area contributed by atoms with Crippen LogP contribution in [0.3, 0.4) is 0 Å². The number of amides is 3. The van der Waals surface area contributed by atoms with Gasteiger partial charge in [-0.3, -0.25) is 29.1 Å². The van der Waals surface area contributed by atoms with E-state index in [9.17, 15) is 44.1 Å². The summed E-state index contributed by atoms with van der Waals surface area (Å²) >= 11 is 38.0. The fraction of sp³-hybridized carbons (Fsp3) is 0.440. The first-order valence-electron chi connectivity index (χ1n) is 34.7. The molecule has 6 aromatic carbocycles. The maximum Gasteiger partial charge on any atom is 0.328 e. The number of ether oxygens (including phenoxy) is 6. The van der Waals surface area contributed by atoms with Gasteiger partial charge in [0.05, 0.1) is 51.6 Å². The van der Waals surface area contributed by atoms with Gasteiger partial charge in [0.2, 0.25) is 0 Å². The second kappa shape index (κ2) is 43.3. The molecule has 0 aliphatic carbocycles. The van der Waals surface area contributed by atoms with E-state index in [0.717, 1.165) is 95.2 Å². The molecule has 0 radical (unpaired) electrons. The first kappa shape index (κ1) is 84.7. The molecule has 3 aliphatic heterocycles. The number of esters is 3. The number of rotatable bonds is 30. The number of aromatic hydroxyl groups is 3. The molecule has 3 saturated heterocycles. The van der Waals surface area contributed by atoms with Gasteiger partial charge < -0.3 is 74.4 Å². The number of phenolic OH excluding ortho intramolecular Hbond substituents is 3. The maximum atomic E-state index is 13.0. The summed E-state index contributed by atoms with van der Waals surface area (Å²) in [4.78, 5) is 90.0. The molecule has 24 nitrogen and oxygen atoms in total. The monoisotopic (exact) mass is 1570 g/mol. The van der Waals surface area contributed by atoms with Crippen LogP contribution in [-0.2, 0) is 47.9 Å². The highest BCUT2D eigenvalue weighted by Gasteiger charge is 2.32. The van der Waals surface area contributed by atoms with Crippen molar-refractivity contribution < 1.29 is 72.5 Å². The smallest absolute Gasteiger partial charge is 0.328 e. The number of carbonyl (C=O) groups is 6. The molecule has 0 unspecified atom stereocenters. The predicted octanol–water partition coefficient (Wildman–Crippen LogP) is 9.69. The number of hydrogen-bond acceptors (Lipinski definition) is 21. The Morgan fingerprint density at radius 3 is 0.829 bits per heavy atom. The molecule has 0 aromatic heterocycles. The van der Waals surface area contributed by atoms with Crippen molar-refractivity contribution in [2.45, 2.75) is 58.2 Å². The Balaban J connectivity index is 0.000000220. The second-order valence-electron chi connectivity index (χ2n) is 25.1. The zero-order valence-electron chi connectivity index (χ0n) is 59.8. The lowest BCUT2D eigenvalue weighted by molar-refractivity contribution is -0.146. The van der Waals surface area contributed by atoms with Crippen LogP contribution in [0.1, 0.15) is 68.5 Å². The summed E-state index contributed by atoms with van der Waals surface area (Å²) in [6, 6.07) is 28.7. The highest BCUT2D eigenvalue weighted by atomic mass is 35.5. The van der Waals surface area contributed by atoms with Crippen LogP contribution in [-0.4, -0.2) is 257 Å². The van der Waals surface area contributed by atoms with Crippen LogP contribution in [0.15, 0.2) is 109 Å². The summed E-state index contributed by atoms with van der Waals surface area (Å²) in [5.74, 6) is -4.91. The third-order valence-electron chi connectivity index (χ3n) is 17.4. The van der Waals surface area contributed by atoms with E-state index in [0.29, 0.717) is 39.5 Å². The first-order valence-corrected chi connectivity index (χ1v) is 36.9. The average molecular weight is 1570 g/mol. The van der Waals surface area contributed by atoms with Crippen LogP contribution < -0.4 is 30.2 Å². The Kier molecular flexibility index (Phi) is 34.9. The SMILES string of the molecule is CCOC(=O)[C@H](Cc1ccccc1)NC(=O)c1cc(Cl)c(OCCN2CCN(C)CC2)c(Cl)c1O.CCOC(=O)[C@H](Cc1ccccc1)NC(=O)c1cc(Cl)c(OCCN2CCN(C)CC2)c(Cl)c1O.CCOC(=O)[C@H](Cc1ccccc1)NC(=O)c1cc(Cl)c(OCCN2CCN(C)CC2)c(Cl)c1O. The normalized spacial score (nSPS) is 15.4. The minimum atomic E-state index is -0.957. The van der Waals surface area contributed by atoms with Gasteiger partial charge in [0, 0.05) is 117 Å². The molecule has 105 heavy (non-hydrogen) atoms. The van der Waals surface area contributed by atoms with Crippen LogP contribution in [0, 0.1) is 0 Å². The maximum absolute atomic E-state index is 13.0. The van der Waals surface area contributed by atoms with Crippen molar-refractivity contribution >= 4 is 105 Å². The molecule has 3 amide bonds. The van der Waals surface area contributed by atoms with E-state index in [1.807, 2.05) is 91.0 Å². The highest BCUT2D eigenvalue weighted by molar-refractivity contribution is 6.40. The first-order chi connectivity index (χ1) is 50.4.